The second kappa shape index (κ2) is 6.24. The number of halogens is 1. The van der Waals surface area contributed by atoms with Crippen molar-refractivity contribution in [2.24, 2.45) is 34.5 Å². The molecule has 4 aliphatic rings. The first kappa shape index (κ1) is 18.3. The van der Waals surface area contributed by atoms with E-state index in [-0.39, 0.29) is 5.91 Å². The number of carbonyl (C=O) groups is 1. The fraction of sp³-hybridized carbons (Fsp3) is 0.864. The molecule has 0 bridgehead atoms. The van der Waals surface area contributed by atoms with Gasteiger partial charge in [-0.05, 0) is 107 Å². The lowest BCUT2D eigenvalue weighted by Gasteiger charge is -2.61. The second-order valence-electron chi connectivity index (χ2n) is 9.96. The molecular weight excluding hydrogens is 421 g/mol. The smallest absolute Gasteiger partial charge is 0.219 e. The van der Waals surface area contributed by atoms with Crippen molar-refractivity contribution in [1.29, 1.82) is 0 Å². The quantitative estimate of drug-likeness (QED) is 0.458. The summed E-state index contributed by atoms with van der Waals surface area (Å²) in [6.45, 7) is 6.89. The van der Waals surface area contributed by atoms with Crippen LogP contribution in [0.1, 0.15) is 72.1 Å². The highest BCUT2D eigenvalue weighted by Gasteiger charge is 2.58. The van der Waals surface area contributed by atoms with Gasteiger partial charge >= 0.3 is 0 Å². The average Bonchev–Trinajstić information content (AvgIpc) is 2.88. The van der Waals surface area contributed by atoms with Gasteiger partial charge in [-0.15, -0.1) is 0 Å². The van der Waals surface area contributed by atoms with Gasteiger partial charge in [0.15, 0.2) is 0 Å². The first-order chi connectivity index (χ1) is 11.8. The van der Waals surface area contributed by atoms with E-state index in [2.05, 4.69) is 42.5 Å². The maximum absolute atomic E-state index is 11.8. The number of hydrogen-bond acceptors (Lipinski definition) is 1. The molecule has 0 N–H and O–H groups in total. The van der Waals surface area contributed by atoms with E-state index in [9.17, 15) is 4.79 Å². The molecule has 0 aromatic heterocycles. The van der Waals surface area contributed by atoms with Crippen molar-refractivity contribution >= 4 is 28.5 Å². The van der Waals surface area contributed by atoms with E-state index in [1.54, 1.807) is 10.5 Å². The highest BCUT2D eigenvalue weighted by atomic mass is 127. The Morgan fingerprint density at radius 1 is 1.16 bits per heavy atom. The normalized spacial score (nSPS) is 48.8. The molecule has 0 spiro atoms. The second-order valence-corrected chi connectivity index (χ2v) is 11.1. The van der Waals surface area contributed by atoms with Gasteiger partial charge in [0, 0.05) is 25.4 Å². The lowest BCUT2D eigenvalue weighted by atomic mass is 9.45. The maximum atomic E-state index is 11.8. The van der Waals surface area contributed by atoms with E-state index in [1.807, 2.05) is 11.9 Å². The topological polar surface area (TPSA) is 20.3 Å². The molecule has 3 heteroatoms. The summed E-state index contributed by atoms with van der Waals surface area (Å²) < 4.78 is 1.65. The van der Waals surface area contributed by atoms with E-state index in [1.165, 1.54) is 51.4 Å². The highest BCUT2D eigenvalue weighted by molar-refractivity contribution is 14.1. The van der Waals surface area contributed by atoms with Crippen LogP contribution < -0.4 is 0 Å². The molecule has 0 heterocycles. The number of fused-ring (bicyclic) bond motifs is 5. The number of rotatable bonds is 1. The van der Waals surface area contributed by atoms with Gasteiger partial charge < -0.3 is 4.90 Å². The van der Waals surface area contributed by atoms with Gasteiger partial charge in [0.1, 0.15) is 0 Å². The summed E-state index contributed by atoms with van der Waals surface area (Å²) >= 11 is 2.63. The van der Waals surface area contributed by atoms with Gasteiger partial charge in [-0.3, -0.25) is 4.79 Å². The van der Waals surface area contributed by atoms with Crippen LogP contribution in [0.25, 0.3) is 0 Å². The Bertz CT molecular complexity index is 601. The van der Waals surface area contributed by atoms with Gasteiger partial charge in [0.05, 0.1) is 0 Å². The monoisotopic (exact) mass is 455 g/mol. The Kier molecular flexibility index (Phi) is 4.57. The molecule has 0 aromatic rings. The summed E-state index contributed by atoms with van der Waals surface area (Å²) in [5.74, 6) is 3.82. The zero-order chi connectivity index (χ0) is 18.0. The van der Waals surface area contributed by atoms with Crippen LogP contribution in [0.2, 0.25) is 0 Å². The van der Waals surface area contributed by atoms with E-state index in [0.717, 1.165) is 23.7 Å². The molecule has 140 valence electrons. The highest BCUT2D eigenvalue weighted by Crippen LogP contribution is 2.67. The SMILES string of the molecule is CC(=O)N(C)C1CC[C@@]2(C)C(CC[C@@H]3[C@@H]2CC[C@]2(C)C(I)=CC[C@@H]32)C1. The first-order valence-corrected chi connectivity index (χ1v) is 11.4. The number of allylic oxidation sites excluding steroid dienone is 2. The number of amides is 1. The molecule has 1 amide bonds. The Labute approximate surface area is 167 Å². The van der Waals surface area contributed by atoms with E-state index in [4.69, 9.17) is 0 Å². The molecule has 25 heavy (non-hydrogen) atoms. The van der Waals surface area contributed by atoms with E-state index >= 15 is 0 Å². The van der Waals surface area contributed by atoms with Gasteiger partial charge in [0.25, 0.3) is 0 Å². The predicted molar refractivity (Wildman–Crippen MR) is 111 cm³/mol. The average molecular weight is 455 g/mol. The maximum Gasteiger partial charge on any atom is 0.219 e. The molecule has 2 unspecified atom stereocenters. The third kappa shape index (κ3) is 2.65. The van der Waals surface area contributed by atoms with Crippen molar-refractivity contribution in [1.82, 2.24) is 4.90 Å². The molecule has 4 rings (SSSR count). The van der Waals surface area contributed by atoms with Crippen molar-refractivity contribution in [3.63, 3.8) is 0 Å². The molecule has 4 aliphatic carbocycles. The Balaban J connectivity index is 1.54. The Morgan fingerprint density at radius 3 is 2.64 bits per heavy atom. The summed E-state index contributed by atoms with van der Waals surface area (Å²) in [6, 6.07) is 0.482. The van der Waals surface area contributed by atoms with Crippen molar-refractivity contribution < 1.29 is 4.79 Å². The lowest BCUT2D eigenvalue weighted by Crippen LogP contribution is -2.55. The molecule has 3 fully saturated rings. The molecule has 7 atom stereocenters. The molecule has 0 radical (unpaired) electrons. The third-order valence-electron chi connectivity index (χ3n) is 9.17. The molecular formula is C22H34INO. The number of hydrogen-bond donors (Lipinski definition) is 0. The van der Waals surface area contributed by atoms with Gasteiger partial charge in [-0.2, -0.15) is 0 Å². The zero-order valence-corrected chi connectivity index (χ0v) is 18.5. The summed E-state index contributed by atoms with van der Waals surface area (Å²) in [6.07, 6.45) is 13.3. The minimum absolute atomic E-state index is 0.238. The van der Waals surface area contributed by atoms with Gasteiger partial charge in [-0.1, -0.05) is 19.9 Å². The van der Waals surface area contributed by atoms with Crippen LogP contribution in [-0.4, -0.2) is 23.9 Å². The first-order valence-electron chi connectivity index (χ1n) is 10.4. The molecule has 2 nitrogen and oxygen atoms in total. The summed E-state index contributed by atoms with van der Waals surface area (Å²) in [4.78, 5) is 13.8. The Morgan fingerprint density at radius 2 is 1.92 bits per heavy atom. The zero-order valence-electron chi connectivity index (χ0n) is 16.4. The van der Waals surface area contributed by atoms with Crippen LogP contribution >= 0.6 is 22.6 Å². The minimum Gasteiger partial charge on any atom is -0.343 e. The van der Waals surface area contributed by atoms with Crippen LogP contribution in [0.15, 0.2) is 9.66 Å². The van der Waals surface area contributed by atoms with Crippen molar-refractivity contribution in [3.8, 4) is 0 Å². The van der Waals surface area contributed by atoms with Crippen LogP contribution in [-0.2, 0) is 4.79 Å². The fourth-order valence-electron chi connectivity index (χ4n) is 7.36. The molecule has 0 saturated heterocycles. The Hall–Kier alpha value is -0.0600. The summed E-state index contributed by atoms with van der Waals surface area (Å²) in [5, 5.41) is 0. The van der Waals surface area contributed by atoms with Crippen molar-refractivity contribution in [2.75, 3.05) is 7.05 Å². The van der Waals surface area contributed by atoms with E-state index < -0.39 is 0 Å². The summed E-state index contributed by atoms with van der Waals surface area (Å²) in [7, 11) is 2.01. The molecule has 0 aliphatic heterocycles. The largest absolute Gasteiger partial charge is 0.343 e. The van der Waals surface area contributed by atoms with Gasteiger partial charge in [-0.25, -0.2) is 0 Å². The number of nitrogens with zero attached hydrogens (tertiary/aromatic N) is 1. The fourth-order valence-corrected chi connectivity index (χ4v) is 8.28. The van der Waals surface area contributed by atoms with Crippen LogP contribution in [0.4, 0.5) is 0 Å². The van der Waals surface area contributed by atoms with Crippen LogP contribution in [0.3, 0.4) is 0 Å². The third-order valence-corrected chi connectivity index (χ3v) is 10.8. The van der Waals surface area contributed by atoms with Gasteiger partial charge in [0.2, 0.25) is 5.91 Å². The standard InChI is InChI=1S/C22H34INO/c1-14(25)24(4)16-9-11-21(2)15(13-16)5-6-17-18-7-8-20(23)22(18,3)12-10-19(17)21/h8,15-19H,5-7,9-13H2,1-4H3/t15?,16?,17-,18-,19-,21-,22-/m0/s1. The van der Waals surface area contributed by atoms with Crippen molar-refractivity contribution in [2.45, 2.75) is 78.2 Å². The summed E-state index contributed by atoms with van der Waals surface area (Å²) in [5.41, 5.74) is 1.00. The predicted octanol–water partition coefficient (Wildman–Crippen LogP) is 5.80. The van der Waals surface area contributed by atoms with Crippen LogP contribution in [0.5, 0.6) is 0 Å². The number of carbonyl (C=O) groups excluding carboxylic acids is 1. The molecule has 0 aromatic carbocycles. The molecule has 3 saturated carbocycles. The van der Waals surface area contributed by atoms with Crippen molar-refractivity contribution in [3.05, 3.63) is 9.66 Å². The van der Waals surface area contributed by atoms with Crippen LogP contribution in [0, 0.1) is 34.5 Å². The lowest BCUT2D eigenvalue weighted by molar-refractivity contribution is -0.136. The minimum atomic E-state index is 0.238. The van der Waals surface area contributed by atoms with E-state index in [0.29, 0.717) is 16.9 Å².